The maximum Gasteiger partial charge on any atom is 0.326 e. The van der Waals surface area contributed by atoms with E-state index in [1.54, 1.807) is 72.1 Å². The molecule has 1 aliphatic rings. The number of H-pyrrole nitrogens is 1. The van der Waals surface area contributed by atoms with Gasteiger partial charge in [-0.05, 0) is 157 Å². The van der Waals surface area contributed by atoms with E-state index in [-0.39, 0.29) is 75.1 Å². The van der Waals surface area contributed by atoms with Gasteiger partial charge in [-0.15, -0.1) is 0 Å². The fraction of sp³-hybridized carbons (Fsp3) is 0.600. The van der Waals surface area contributed by atoms with Gasteiger partial charge in [0.2, 0.25) is 100 Å². The van der Waals surface area contributed by atoms with E-state index >= 15 is 0 Å². The quantitative estimate of drug-likeness (QED) is 0.0235. The topological polar surface area (TPSA) is 815 Å². The van der Waals surface area contributed by atoms with E-state index in [0.29, 0.717) is 35.7 Å². The second kappa shape index (κ2) is 60.3. The van der Waals surface area contributed by atoms with Crippen molar-refractivity contribution in [3.63, 3.8) is 0 Å². The standard InChI is InChI=1S/C90H136N20O30S/c1-10-46(6)73(107-67(115)41-92)86(135)109-75(48(8)112)88(137)105-63(39-50-42-94-53-17-12-11-16-52(50)53)76(125)95-43-68(116)96-54(24-28-69(117)118)77(126)98-57(27-31-72(123)124)81(130)108-74(47(7)111)87(136)104-61(37-45(4)5)83(132)100-58(32-35-141-9)80(129)97-55(25-29-70(119)120)78(127)103-62(38-49-20-22-51(113)23-21-49)84(133)102-60(36-44(2)3)82(131)99-56(26-30-71(121)122)79(128)106-64(40-66(93)114)89(138)110-34-15-19-65(110)85(134)101-59(90(139)140)18-13-14-33-91/h11-12,16-17,20-23,42,44-48,54-65,73-75,94,111-113H,10,13-15,18-19,24-41,43,91-92H2,1-9H3,(H2,93,114)(H,95,125)(H,96,116)(H,97,129)(H,98,126)(H,99,131)(H,100,132)(H,101,134)(H,102,133)(H,103,127)(H,104,136)(H,105,137)(H,106,128)(H,107,115)(H,108,130)(H,109,135)(H,117,118)(H,119,120)(H,121,122)(H,123,124)(H,139,140)/t46-,47+,48+,54-,55-,56-,57-,58-,59-,60-,61-,62-,63-,64-,65-,73-,74-,75-/m0/s1. The Morgan fingerprint density at radius 2 is 0.872 bits per heavy atom. The number of aromatic nitrogens is 1. The highest BCUT2D eigenvalue weighted by atomic mass is 32.2. The number of aliphatic carboxylic acids is 5. The number of phenolic OH excluding ortho intramolecular Hbond substituents is 1. The van der Waals surface area contributed by atoms with E-state index in [4.69, 9.17) is 17.2 Å². The second-order valence-electron chi connectivity index (χ2n) is 35.2. The fourth-order valence-electron chi connectivity index (χ4n) is 15.0. The van der Waals surface area contributed by atoms with Crippen LogP contribution in [-0.2, 0) is 118 Å². The summed E-state index contributed by atoms with van der Waals surface area (Å²) in [7, 11) is 0. The van der Waals surface area contributed by atoms with Crippen molar-refractivity contribution >= 4 is 153 Å². The zero-order valence-corrected chi connectivity index (χ0v) is 80.9. The number of aromatic amines is 1. The predicted molar refractivity (Wildman–Crippen MR) is 504 cm³/mol. The van der Waals surface area contributed by atoms with Crippen molar-refractivity contribution in [3.8, 4) is 5.75 Å². The first-order valence-electron chi connectivity index (χ1n) is 46.2. The molecule has 30 N–H and O–H groups in total. The highest BCUT2D eigenvalue weighted by molar-refractivity contribution is 7.98. The third-order valence-electron chi connectivity index (χ3n) is 22.8. The van der Waals surface area contributed by atoms with Crippen LogP contribution in [0.15, 0.2) is 54.7 Å². The smallest absolute Gasteiger partial charge is 0.326 e. The Balaban J connectivity index is 1.62. The SMILES string of the molecule is CC[C@H](C)[C@H](NC(=O)CN)C(=O)N[C@H](C(=O)N[C@@H](Cc1c[nH]c2ccccc12)C(=O)NCC(=O)N[C@@H](CCC(=O)O)C(=O)N[C@@H](CCC(=O)O)C(=O)N[C@H](C(=O)N[C@@H](CC(C)C)C(=O)N[C@@H](CCSC)C(=O)N[C@@H](CCC(=O)O)C(=O)N[C@@H](Cc1ccc(O)cc1)C(=O)N[C@@H](CC(C)C)C(=O)N[C@@H](CCC(=O)O)C(=O)N[C@@H](CC(N)=O)C(=O)N1CCC[C@H]1C(=O)N[C@@H](CCCCN)C(=O)O)[C@@H](C)O)[C@@H](C)O. The minimum atomic E-state index is -2.09. The molecule has 1 saturated heterocycles. The lowest BCUT2D eigenvalue weighted by Crippen LogP contribution is -2.62. The largest absolute Gasteiger partial charge is 0.508 e. The maximum absolute atomic E-state index is 14.9. The second-order valence-corrected chi connectivity index (χ2v) is 36.2. The number of carboxylic acids is 5. The Morgan fingerprint density at radius 1 is 0.454 bits per heavy atom. The first-order valence-corrected chi connectivity index (χ1v) is 47.6. The average Bonchev–Trinajstić information content (AvgIpc) is 1.68. The first-order chi connectivity index (χ1) is 66.4. The number of para-hydroxylation sites is 1. The molecule has 2 heterocycles. The van der Waals surface area contributed by atoms with Crippen molar-refractivity contribution < 1.29 is 146 Å². The van der Waals surface area contributed by atoms with Crippen LogP contribution in [0.4, 0.5) is 0 Å². The molecule has 0 radical (unpaired) electrons. The van der Waals surface area contributed by atoms with Crippen molar-refractivity contribution in [1.29, 1.82) is 0 Å². The summed E-state index contributed by atoms with van der Waals surface area (Å²) in [5.74, 6) is -28.1. The zero-order chi connectivity index (χ0) is 106. The minimum Gasteiger partial charge on any atom is -0.508 e. The summed E-state index contributed by atoms with van der Waals surface area (Å²) < 4.78 is 0. The Hall–Kier alpha value is -13.7. The Labute approximate surface area is 816 Å². The Bertz CT molecular complexity index is 4850. The first kappa shape index (κ1) is 120. The fourth-order valence-corrected chi connectivity index (χ4v) is 15.5. The zero-order valence-electron chi connectivity index (χ0n) is 80.1. The molecule has 1 fully saturated rings. The van der Waals surface area contributed by atoms with Crippen LogP contribution in [0.2, 0.25) is 0 Å². The van der Waals surface area contributed by atoms with Gasteiger partial charge in [-0.3, -0.25) is 101 Å². The molecular weight excluding hydrogens is 1870 g/mol. The third-order valence-corrected chi connectivity index (χ3v) is 23.4. The number of carbonyl (C=O) groups is 22. The number of hydrogen-bond acceptors (Lipinski definition) is 28. The molecule has 0 aliphatic carbocycles. The van der Waals surface area contributed by atoms with E-state index in [2.05, 4.69) is 84.7 Å². The summed E-state index contributed by atoms with van der Waals surface area (Å²) in [5, 5.41) is 118. The molecule has 0 bridgehead atoms. The number of carboxylic acid groups (broad SMARTS) is 5. The van der Waals surface area contributed by atoms with Gasteiger partial charge in [0, 0.05) is 62.2 Å². The number of nitrogens with one attached hydrogen (secondary N) is 16. The molecule has 2 aromatic carbocycles. The van der Waals surface area contributed by atoms with Crippen LogP contribution in [0.1, 0.15) is 182 Å². The Morgan fingerprint density at radius 3 is 1.33 bits per heavy atom. The summed E-state index contributed by atoms with van der Waals surface area (Å²) in [6, 6.07) is -13.8. The number of fused-ring (bicyclic) bond motifs is 1. The number of unbranched alkanes of at least 4 members (excludes halogenated alkanes) is 1. The molecular formula is C90H136N20O30S. The summed E-state index contributed by atoms with van der Waals surface area (Å²) >= 11 is 1.17. The summed E-state index contributed by atoms with van der Waals surface area (Å²) in [6.07, 6.45) is -7.75. The molecule has 50 nitrogen and oxygen atoms in total. The lowest BCUT2D eigenvalue weighted by atomic mass is 9.97. The van der Waals surface area contributed by atoms with Crippen LogP contribution in [0.25, 0.3) is 10.9 Å². The molecule has 1 aromatic heterocycles. The van der Waals surface area contributed by atoms with Gasteiger partial charge in [0.15, 0.2) is 0 Å². The number of aliphatic hydroxyl groups is 2. The van der Waals surface area contributed by atoms with Crippen LogP contribution < -0.4 is 97.0 Å². The highest BCUT2D eigenvalue weighted by Gasteiger charge is 2.44. The van der Waals surface area contributed by atoms with Crippen molar-refractivity contribution in [2.75, 3.05) is 38.2 Å². The van der Waals surface area contributed by atoms with Gasteiger partial charge in [0.25, 0.3) is 0 Å². The van der Waals surface area contributed by atoms with Crippen LogP contribution in [0.3, 0.4) is 0 Å². The minimum absolute atomic E-state index is 0.00605. The normalized spacial score (nSPS) is 15.9. The molecule has 3 aromatic rings. The van der Waals surface area contributed by atoms with Crippen molar-refractivity contribution in [1.82, 2.24) is 89.6 Å². The van der Waals surface area contributed by atoms with Gasteiger partial charge in [-0.1, -0.05) is 78.3 Å². The van der Waals surface area contributed by atoms with Gasteiger partial charge >= 0.3 is 29.8 Å². The van der Waals surface area contributed by atoms with Crippen molar-refractivity contribution in [2.45, 2.75) is 287 Å². The molecule has 0 saturated carbocycles. The van der Waals surface area contributed by atoms with Crippen LogP contribution in [0.5, 0.6) is 5.75 Å². The molecule has 0 spiro atoms. The molecule has 141 heavy (non-hydrogen) atoms. The number of nitrogens with zero attached hydrogens (tertiary/aromatic N) is 1. The lowest BCUT2D eigenvalue weighted by Gasteiger charge is -2.30. The summed E-state index contributed by atoms with van der Waals surface area (Å²) in [5.41, 5.74) is 17.9. The van der Waals surface area contributed by atoms with E-state index < -0.39 is 328 Å². The molecule has 4 rings (SSSR count). The molecule has 0 unspecified atom stereocenters. The number of aromatic hydroxyl groups is 1. The number of likely N-dealkylation sites (tertiary alicyclic amines) is 1. The van der Waals surface area contributed by atoms with Gasteiger partial charge in [0.1, 0.15) is 96.4 Å². The average molecular weight is 2010 g/mol. The van der Waals surface area contributed by atoms with Gasteiger partial charge in [-0.2, -0.15) is 11.8 Å². The number of thioether (sulfide) groups is 1. The highest BCUT2D eigenvalue weighted by Crippen LogP contribution is 2.24. The lowest BCUT2D eigenvalue weighted by molar-refractivity contribution is -0.145. The van der Waals surface area contributed by atoms with E-state index in [1.807, 2.05) is 0 Å². The van der Waals surface area contributed by atoms with Crippen molar-refractivity contribution in [3.05, 3.63) is 65.9 Å². The molecule has 1 aliphatic heterocycles. The summed E-state index contributed by atoms with van der Waals surface area (Å²) in [6.45, 7) is 10.6. The molecule has 782 valence electrons. The van der Waals surface area contributed by atoms with E-state index in [0.717, 1.165) is 11.8 Å². The van der Waals surface area contributed by atoms with Crippen LogP contribution in [0, 0.1) is 17.8 Å². The van der Waals surface area contributed by atoms with Crippen molar-refractivity contribution in [2.24, 2.45) is 35.0 Å². The number of hydrogen-bond donors (Lipinski definition) is 27. The number of carbonyl (C=O) groups excluding carboxylic acids is 17. The third kappa shape index (κ3) is 41.7. The maximum atomic E-state index is 14.9. The van der Waals surface area contributed by atoms with E-state index in [1.165, 1.54) is 49.1 Å². The molecule has 51 heteroatoms. The number of nitrogens with two attached hydrogens (primary N) is 3. The van der Waals surface area contributed by atoms with Gasteiger partial charge < -0.3 is 148 Å². The Kier molecular flexibility index (Phi) is 51.2. The monoisotopic (exact) mass is 2010 g/mol. The van der Waals surface area contributed by atoms with E-state index in [9.17, 15) is 146 Å². The number of rotatable bonds is 65. The van der Waals surface area contributed by atoms with Crippen LogP contribution >= 0.6 is 11.8 Å². The molecule has 18 atom stereocenters. The van der Waals surface area contributed by atoms with Gasteiger partial charge in [-0.25, -0.2) is 4.79 Å². The number of amides is 17. The number of phenols is 1. The number of aliphatic hydroxyl groups excluding tert-OH is 2. The predicted octanol–water partition coefficient (Wildman–Crippen LogP) is -5.29. The molecule has 17 amide bonds. The number of benzene rings is 2. The summed E-state index contributed by atoms with van der Waals surface area (Å²) in [4.78, 5) is 305. The van der Waals surface area contributed by atoms with Crippen LogP contribution in [-0.4, -0.2) is 322 Å². The van der Waals surface area contributed by atoms with Gasteiger partial charge in [0.05, 0.1) is 31.7 Å². The number of primary amides is 1.